The molecular formula is C14H30IN3. The van der Waals surface area contributed by atoms with Crippen molar-refractivity contribution in [2.75, 3.05) is 13.1 Å². The zero-order chi connectivity index (χ0) is 12.7. The Kier molecular flexibility index (Phi) is 8.99. The maximum atomic E-state index is 5.88. The van der Waals surface area contributed by atoms with Crippen LogP contribution in [0.15, 0.2) is 4.99 Å². The lowest BCUT2D eigenvalue weighted by atomic mass is 9.83. The first-order valence-electron chi connectivity index (χ1n) is 7.06. The summed E-state index contributed by atoms with van der Waals surface area (Å²) in [4.78, 5) is 4.52. The molecule has 0 radical (unpaired) electrons. The van der Waals surface area contributed by atoms with Gasteiger partial charge in [0.25, 0.3) is 0 Å². The lowest BCUT2D eigenvalue weighted by Gasteiger charge is -2.26. The summed E-state index contributed by atoms with van der Waals surface area (Å²) in [5.41, 5.74) is 6.25. The van der Waals surface area contributed by atoms with Crippen molar-refractivity contribution in [2.45, 2.75) is 59.3 Å². The van der Waals surface area contributed by atoms with Gasteiger partial charge in [-0.2, -0.15) is 0 Å². The third kappa shape index (κ3) is 7.44. The molecule has 0 aromatic heterocycles. The zero-order valence-electron chi connectivity index (χ0n) is 12.2. The Hall–Kier alpha value is 0. The Morgan fingerprint density at radius 3 is 2.28 bits per heavy atom. The molecular weight excluding hydrogens is 337 g/mol. The quantitative estimate of drug-likeness (QED) is 0.346. The second kappa shape index (κ2) is 8.99. The predicted octanol–water partition coefficient (Wildman–Crippen LogP) is 3.53. The van der Waals surface area contributed by atoms with Crippen molar-refractivity contribution >= 4 is 29.9 Å². The summed E-state index contributed by atoms with van der Waals surface area (Å²) in [7, 11) is 0. The number of rotatable bonds is 4. The van der Waals surface area contributed by atoms with Crippen LogP contribution in [0.4, 0.5) is 0 Å². The normalized spacial score (nSPS) is 20.1. The second-order valence-corrected chi connectivity index (χ2v) is 6.20. The van der Waals surface area contributed by atoms with E-state index >= 15 is 0 Å². The Balaban J connectivity index is 0.00000289. The van der Waals surface area contributed by atoms with Gasteiger partial charge < -0.3 is 11.1 Å². The molecule has 0 atom stereocenters. The maximum absolute atomic E-state index is 5.88. The smallest absolute Gasteiger partial charge is 0.188 e. The lowest BCUT2D eigenvalue weighted by Crippen LogP contribution is -2.35. The van der Waals surface area contributed by atoms with Crippen molar-refractivity contribution in [1.82, 2.24) is 5.32 Å². The van der Waals surface area contributed by atoms with Gasteiger partial charge in [-0.3, -0.25) is 4.99 Å². The molecule has 1 fully saturated rings. The van der Waals surface area contributed by atoms with Crippen LogP contribution in [-0.2, 0) is 0 Å². The van der Waals surface area contributed by atoms with E-state index in [-0.39, 0.29) is 24.0 Å². The highest BCUT2D eigenvalue weighted by atomic mass is 127. The number of hydrogen-bond acceptors (Lipinski definition) is 1. The highest BCUT2D eigenvalue weighted by molar-refractivity contribution is 14.0. The highest BCUT2D eigenvalue weighted by Gasteiger charge is 2.25. The van der Waals surface area contributed by atoms with Crippen LogP contribution in [-0.4, -0.2) is 19.0 Å². The summed E-state index contributed by atoms with van der Waals surface area (Å²) >= 11 is 0. The highest BCUT2D eigenvalue weighted by Crippen LogP contribution is 2.34. The van der Waals surface area contributed by atoms with Crippen molar-refractivity contribution in [3.05, 3.63) is 0 Å². The monoisotopic (exact) mass is 367 g/mol. The largest absolute Gasteiger partial charge is 0.370 e. The molecule has 0 spiro atoms. The van der Waals surface area contributed by atoms with Crippen molar-refractivity contribution in [1.29, 1.82) is 0 Å². The van der Waals surface area contributed by atoms with Gasteiger partial charge in [0, 0.05) is 13.1 Å². The molecule has 3 nitrogen and oxygen atoms in total. The minimum absolute atomic E-state index is 0. The maximum Gasteiger partial charge on any atom is 0.188 e. The van der Waals surface area contributed by atoms with E-state index in [1.54, 1.807) is 0 Å². The fourth-order valence-electron chi connectivity index (χ4n) is 2.38. The number of hydrogen-bond donors (Lipinski definition) is 2. The molecule has 18 heavy (non-hydrogen) atoms. The second-order valence-electron chi connectivity index (χ2n) is 6.20. The number of halogens is 1. The van der Waals surface area contributed by atoms with Crippen LogP contribution in [0.5, 0.6) is 0 Å². The van der Waals surface area contributed by atoms with Crippen molar-refractivity contribution in [3.8, 4) is 0 Å². The molecule has 0 bridgehead atoms. The van der Waals surface area contributed by atoms with Gasteiger partial charge in [0.05, 0.1) is 0 Å². The molecule has 0 amide bonds. The van der Waals surface area contributed by atoms with Crippen LogP contribution in [0.3, 0.4) is 0 Å². The summed E-state index contributed by atoms with van der Waals surface area (Å²) in [6.45, 7) is 8.49. The third-order valence-electron chi connectivity index (χ3n) is 3.63. The van der Waals surface area contributed by atoms with Crippen LogP contribution in [0.25, 0.3) is 0 Å². The zero-order valence-corrected chi connectivity index (χ0v) is 14.5. The summed E-state index contributed by atoms with van der Waals surface area (Å²) in [6, 6.07) is 0. The molecule has 0 saturated heterocycles. The topological polar surface area (TPSA) is 50.4 Å². The van der Waals surface area contributed by atoms with E-state index in [0.29, 0.717) is 17.3 Å². The molecule has 0 aromatic carbocycles. The molecule has 3 N–H and O–H groups in total. The summed E-state index contributed by atoms with van der Waals surface area (Å²) in [6.07, 6.45) is 8.08. The first-order chi connectivity index (χ1) is 8.02. The summed E-state index contributed by atoms with van der Waals surface area (Å²) in [5, 5.41) is 3.18. The van der Waals surface area contributed by atoms with E-state index < -0.39 is 0 Å². The Morgan fingerprint density at radius 2 is 1.78 bits per heavy atom. The van der Waals surface area contributed by atoms with Crippen LogP contribution < -0.4 is 11.1 Å². The third-order valence-corrected chi connectivity index (χ3v) is 3.63. The molecule has 1 aliphatic carbocycles. The number of nitrogens with one attached hydrogen (secondary N) is 1. The summed E-state index contributed by atoms with van der Waals surface area (Å²) in [5.74, 6) is 1.22. The van der Waals surface area contributed by atoms with E-state index in [2.05, 4.69) is 31.1 Å². The van der Waals surface area contributed by atoms with Crippen LogP contribution in [0.2, 0.25) is 0 Å². The Morgan fingerprint density at radius 1 is 1.22 bits per heavy atom. The molecule has 0 unspecified atom stereocenters. The molecule has 0 aliphatic heterocycles. The molecule has 4 heteroatoms. The number of nitrogens with zero attached hydrogens (tertiary/aromatic N) is 1. The summed E-state index contributed by atoms with van der Waals surface area (Å²) < 4.78 is 0. The van der Waals surface area contributed by atoms with E-state index in [0.717, 1.165) is 13.1 Å². The van der Waals surface area contributed by atoms with Gasteiger partial charge in [-0.15, -0.1) is 24.0 Å². The van der Waals surface area contributed by atoms with E-state index in [4.69, 9.17) is 5.73 Å². The van der Waals surface area contributed by atoms with Gasteiger partial charge in [-0.05, 0) is 24.2 Å². The van der Waals surface area contributed by atoms with E-state index in [1.807, 2.05) is 0 Å². The molecule has 0 aromatic rings. The first-order valence-corrected chi connectivity index (χ1v) is 7.06. The van der Waals surface area contributed by atoms with Gasteiger partial charge in [0.2, 0.25) is 0 Å². The number of guanidine groups is 1. The lowest BCUT2D eigenvalue weighted by molar-refractivity contribution is 0.290. The van der Waals surface area contributed by atoms with Crippen LogP contribution in [0, 0.1) is 11.3 Å². The van der Waals surface area contributed by atoms with E-state index in [1.165, 1.54) is 38.5 Å². The minimum atomic E-state index is 0. The fourth-order valence-corrected chi connectivity index (χ4v) is 2.38. The van der Waals surface area contributed by atoms with Gasteiger partial charge in [0.15, 0.2) is 5.96 Å². The van der Waals surface area contributed by atoms with Crippen molar-refractivity contribution in [2.24, 2.45) is 22.1 Å². The van der Waals surface area contributed by atoms with Gasteiger partial charge in [-0.25, -0.2) is 0 Å². The van der Waals surface area contributed by atoms with Gasteiger partial charge in [0.1, 0.15) is 0 Å². The minimum Gasteiger partial charge on any atom is -0.370 e. The molecule has 0 heterocycles. The SMILES string of the molecule is CC(C)CNC(N)=NCC1(C)CCCCCC1.I. The van der Waals surface area contributed by atoms with Crippen LogP contribution >= 0.6 is 24.0 Å². The average Bonchev–Trinajstić information content (AvgIpc) is 2.49. The number of aliphatic imine (C=N–C) groups is 1. The molecule has 108 valence electrons. The molecule has 1 rings (SSSR count). The molecule has 1 aliphatic rings. The number of nitrogens with two attached hydrogens (primary N) is 1. The van der Waals surface area contributed by atoms with Crippen molar-refractivity contribution < 1.29 is 0 Å². The van der Waals surface area contributed by atoms with Crippen LogP contribution in [0.1, 0.15) is 59.3 Å². The Labute approximate surface area is 129 Å². The standard InChI is InChI=1S/C14H29N3.HI/c1-12(2)10-16-13(15)17-11-14(3)8-6-4-5-7-9-14;/h12H,4-11H2,1-3H3,(H3,15,16,17);1H. The predicted molar refractivity (Wildman–Crippen MR) is 90.6 cm³/mol. The first kappa shape index (κ1) is 18.0. The van der Waals surface area contributed by atoms with Gasteiger partial charge >= 0.3 is 0 Å². The Bertz CT molecular complexity index is 243. The van der Waals surface area contributed by atoms with Crippen molar-refractivity contribution in [3.63, 3.8) is 0 Å². The average molecular weight is 367 g/mol. The van der Waals surface area contributed by atoms with Gasteiger partial charge in [-0.1, -0.05) is 46.5 Å². The van der Waals surface area contributed by atoms with E-state index in [9.17, 15) is 0 Å². The fraction of sp³-hybridized carbons (Fsp3) is 0.929. The molecule has 1 saturated carbocycles.